The van der Waals surface area contributed by atoms with E-state index in [1.165, 1.54) is 0 Å². The molecule has 0 unspecified atom stereocenters. The SMILES string of the molecule is O=Cc1c(N2CCNCCNC2)n(-c2ccccc2)c2ccccc12. The van der Waals surface area contributed by atoms with Gasteiger partial charge in [0.1, 0.15) is 5.82 Å². The molecule has 0 aliphatic carbocycles. The molecule has 0 saturated carbocycles. The molecule has 1 aliphatic heterocycles. The van der Waals surface area contributed by atoms with Crippen molar-refractivity contribution in [1.82, 2.24) is 15.2 Å². The van der Waals surface area contributed by atoms with Gasteiger partial charge in [0.15, 0.2) is 6.29 Å². The van der Waals surface area contributed by atoms with Gasteiger partial charge in [-0.15, -0.1) is 0 Å². The third kappa shape index (κ3) is 2.92. The van der Waals surface area contributed by atoms with Crippen LogP contribution in [0.1, 0.15) is 10.4 Å². The Morgan fingerprint density at radius 1 is 0.880 bits per heavy atom. The van der Waals surface area contributed by atoms with Crippen molar-refractivity contribution in [3.05, 3.63) is 60.2 Å². The van der Waals surface area contributed by atoms with Crippen molar-refractivity contribution >= 4 is 23.0 Å². The average molecular weight is 334 g/mol. The number of hydrogen-bond acceptors (Lipinski definition) is 4. The Morgan fingerprint density at radius 2 is 1.64 bits per heavy atom. The number of benzene rings is 2. The summed E-state index contributed by atoms with van der Waals surface area (Å²) in [5.41, 5.74) is 2.87. The predicted molar refractivity (Wildman–Crippen MR) is 102 cm³/mol. The van der Waals surface area contributed by atoms with Crippen LogP contribution >= 0.6 is 0 Å². The van der Waals surface area contributed by atoms with Gasteiger partial charge in [0.2, 0.25) is 0 Å². The number of carbonyl (C=O) groups is 1. The number of carbonyl (C=O) groups excluding carboxylic acids is 1. The Kier molecular flexibility index (Phi) is 4.50. The maximum absolute atomic E-state index is 12.0. The summed E-state index contributed by atoms with van der Waals surface area (Å²) < 4.78 is 2.20. The average Bonchev–Trinajstić information content (AvgIpc) is 2.96. The highest BCUT2D eigenvalue weighted by molar-refractivity contribution is 6.05. The number of rotatable bonds is 3. The largest absolute Gasteiger partial charge is 0.343 e. The summed E-state index contributed by atoms with van der Waals surface area (Å²) in [5.74, 6) is 0.957. The Balaban J connectivity index is 1.96. The highest BCUT2D eigenvalue weighted by atomic mass is 16.1. The standard InChI is InChI=1S/C20H22N4O/c25-14-18-17-8-4-5-9-19(17)24(16-6-2-1-3-7-16)20(18)23-13-12-21-10-11-22-15-23/h1-9,14,21-22H,10-13,15H2. The molecule has 2 N–H and O–H groups in total. The molecule has 1 fully saturated rings. The van der Waals surface area contributed by atoms with Gasteiger partial charge in [-0.1, -0.05) is 36.4 Å². The molecule has 5 nitrogen and oxygen atoms in total. The van der Waals surface area contributed by atoms with Gasteiger partial charge in [-0.2, -0.15) is 0 Å². The van der Waals surface area contributed by atoms with Crippen LogP contribution in [0.15, 0.2) is 54.6 Å². The first-order valence-corrected chi connectivity index (χ1v) is 8.70. The topological polar surface area (TPSA) is 49.3 Å². The van der Waals surface area contributed by atoms with Crippen molar-refractivity contribution in [2.75, 3.05) is 37.7 Å². The van der Waals surface area contributed by atoms with Gasteiger partial charge in [0, 0.05) is 37.3 Å². The zero-order valence-electron chi connectivity index (χ0n) is 14.1. The van der Waals surface area contributed by atoms with Crippen LogP contribution in [-0.4, -0.2) is 43.7 Å². The van der Waals surface area contributed by atoms with Crippen molar-refractivity contribution in [2.24, 2.45) is 0 Å². The van der Waals surface area contributed by atoms with E-state index in [1.807, 2.05) is 36.4 Å². The number of fused-ring (bicyclic) bond motifs is 1. The summed E-state index contributed by atoms with van der Waals surface area (Å²) in [5, 5.41) is 7.85. The summed E-state index contributed by atoms with van der Waals surface area (Å²) in [4.78, 5) is 14.3. The van der Waals surface area contributed by atoms with Crippen molar-refractivity contribution in [3.8, 4) is 5.69 Å². The second-order valence-electron chi connectivity index (χ2n) is 6.21. The van der Waals surface area contributed by atoms with Crippen LogP contribution in [0.4, 0.5) is 5.82 Å². The lowest BCUT2D eigenvalue weighted by molar-refractivity contribution is 0.112. The molecule has 3 aromatic rings. The maximum Gasteiger partial charge on any atom is 0.154 e. The number of nitrogens with one attached hydrogen (secondary N) is 2. The monoisotopic (exact) mass is 334 g/mol. The number of aromatic nitrogens is 1. The Hall–Kier alpha value is -2.63. The minimum atomic E-state index is 0.728. The number of para-hydroxylation sites is 2. The Labute approximate surface area is 147 Å². The molecule has 0 radical (unpaired) electrons. The fourth-order valence-electron chi connectivity index (χ4n) is 3.51. The predicted octanol–water partition coefficient (Wildman–Crippen LogP) is 2.40. The van der Waals surface area contributed by atoms with Gasteiger partial charge in [0.05, 0.1) is 17.7 Å². The Bertz CT molecular complexity index is 864. The normalized spacial score (nSPS) is 15.8. The lowest BCUT2D eigenvalue weighted by atomic mass is 10.2. The van der Waals surface area contributed by atoms with Crippen LogP contribution in [0.5, 0.6) is 0 Å². The van der Waals surface area contributed by atoms with E-state index in [9.17, 15) is 4.79 Å². The van der Waals surface area contributed by atoms with E-state index in [-0.39, 0.29) is 0 Å². The first-order valence-electron chi connectivity index (χ1n) is 8.70. The van der Waals surface area contributed by atoms with Crippen molar-refractivity contribution in [3.63, 3.8) is 0 Å². The van der Waals surface area contributed by atoms with Crippen LogP contribution < -0.4 is 15.5 Å². The minimum Gasteiger partial charge on any atom is -0.343 e. The fourth-order valence-corrected chi connectivity index (χ4v) is 3.51. The van der Waals surface area contributed by atoms with E-state index >= 15 is 0 Å². The molecule has 0 bridgehead atoms. The number of aldehydes is 1. The third-order valence-electron chi connectivity index (χ3n) is 4.66. The van der Waals surface area contributed by atoms with E-state index in [2.05, 4.69) is 38.3 Å². The van der Waals surface area contributed by atoms with Crippen molar-refractivity contribution in [2.45, 2.75) is 0 Å². The summed E-state index contributed by atoms with van der Waals surface area (Å²) in [6.07, 6.45) is 0.989. The zero-order valence-corrected chi connectivity index (χ0v) is 14.1. The van der Waals surface area contributed by atoms with Crippen LogP contribution in [-0.2, 0) is 0 Å². The van der Waals surface area contributed by atoms with E-state index in [0.29, 0.717) is 0 Å². The number of nitrogens with zero attached hydrogens (tertiary/aromatic N) is 2. The van der Waals surface area contributed by atoms with Gasteiger partial charge >= 0.3 is 0 Å². The van der Waals surface area contributed by atoms with Gasteiger partial charge in [-0.25, -0.2) is 0 Å². The summed E-state index contributed by atoms with van der Waals surface area (Å²) in [6.45, 7) is 4.35. The maximum atomic E-state index is 12.0. The number of anilines is 1. The molecule has 1 aliphatic rings. The molecular formula is C20H22N4O. The quantitative estimate of drug-likeness (QED) is 0.722. The molecule has 5 heteroatoms. The van der Waals surface area contributed by atoms with Crippen molar-refractivity contribution in [1.29, 1.82) is 0 Å². The molecule has 128 valence electrons. The zero-order chi connectivity index (χ0) is 17.1. The fraction of sp³-hybridized carbons (Fsp3) is 0.250. The van der Waals surface area contributed by atoms with Gasteiger partial charge in [-0.3, -0.25) is 14.7 Å². The summed E-state index contributed by atoms with van der Waals surface area (Å²) >= 11 is 0. The van der Waals surface area contributed by atoms with Crippen molar-refractivity contribution < 1.29 is 4.79 Å². The molecule has 0 amide bonds. The highest BCUT2D eigenvalue weighted by Crippen LogP contribution is 2.34. The molecule has 4 rings (SSSR count). The van der Waals surface area contributed by atoms with E-state index in [1.54, 1.807) is 0 Å². The molecule has 25 heavy (non-hydrogen) atoms. The number of hydrogen-bond donors (Lipinski definition) is 2. The van der Waals surface area contributed by atoms with Gasteiger partial charge in [0.25, 0.3) is 0 Å². The molecule has 1 saturated heterocycles. The summed E-state index contributed by atoms with van der Waals surface area (Å²) in [7, 11) is 0. The first kappa shape index (κ1) is 15.9. The van der Waals surface area contributed by atoms with Crippen LogP contribution in [0.3, 0.4) is 0 Å². The van der Waals surface area contributed by atoms with E-state index < -0.39 is 0 Å². The van der Waals surface area contributed by atoms with E-state index in [4.69, 9.17) is 0 Å². The van der Waals surface area contributed by atoms with Crippen LogP contribution in [0, 0.1) is 0 Å². The first-order chi connectivity index (χ1) is 12.4. The lowest BCUT2D eigenvalue weighted by Gasteiger charge is -2.29. The second kappa shape index (κ2) is 7.09. The molecule has 0 atom stereocenters. The Morgan fingerprint density at radius 3 is 2.48 bits per heavy atom. The van der Waals surface area contributed by atoms with E-state index in [0.717, 1.165) is 67.1 Å². The molecule has 2 heterocycles. The minimum absolute atomic E-state index is 0.728. The second-order valence-corrected chi connectivity index (χ2v) is 6.21. The highest BCUT2D eigenvalue weighted by Gasteiger charge is 2.22. The molecule has 1 aromatic heterocycles. The van der Waals surface area contributed by atoms with Crippen LogP contribution in [0.25, 0.3) is 16.6 Å². The molecule has 2 aromatic carbocycles. The summed E-state index contributed by atoms with van der Waals surface area (Å²) in [6, 6.07) is 18.3. The van der Waals surface area contributed by atoms with Crippen LogP contribution in [0.2, 0.25) is 0 Å². The molecular weight excluding hydrogens is 312 g/mol. The third-order valence-corrected chi connectivity index (χ3v) is 4.66. The lowest BCUT2D eigenvalue weighted by Crippen LogP contribution is -2.45. The van der Waals surface area contributed by atoms with Gasteiger partial charge < -0.3 is 10.2 Å². The molecule has 0 spiro atoms. The smallest absolute Gasteiger partial charge is 0.154 e. The van der Waals surface area contributed by atoms with Gasteiger partial charge in [-0.05, 0) is 18.2 Å².